The van der Waals surface area contributed by atoms with Crippen LogP contribution in [0.2, 0.25) is 0 Å². The molecule has 2 N–H and O–H groups in total. The highest BCUT2D eigenvalue weighted by Crippen LogP contribution is 2.33. The number of hydrogen-bond acceptors (Lipinski definition) is 9. The fraction of sp³-hybridized carbons (Fsp3) is 0.889. The van der Waals surface area contributed by atoms with Crippen LogP contribution in [0.3, 0.4) is 0 Å². The number of carbonyl (C=O) groups is 2. The van der Waals surface area contributed by atoms with Gasteiger partial charge in [0.05, 0.1) is 33.0 Å². The van der Waals surface area contributed by atoms with E-state index in [4.69, 9.17) is 34.2 Å². The van der Waals surface area contributed by atoms with Crippen LogP contribution in [0.4, 0.5) is 0 Å². The fourth-order valence-electron chi connectivity index (χ4n) is 2.79. The van der Waals surface area contributed by atoms with Crippen LogP contribution in [0, 0.1) is 11.8 Å². The Morgan fingerprint density at radius 2 is 1.56 bits per heavy atom. The lowest BCUT2D eigenvalue weighted by molar-refractivity contribution is -0.275. The van der Waals surface area contributed by atoms with Crippen LogP contribution >= 0.6 is 0 Å². The lowest BCUT2D eigenvalue weighted by Gasteiger charge is -2.43. The number of nitrogens with two attached hydrogens (primary N) is 1. The van der Waals surface area contributed by atoms with Crippen LogP contribution in [0.25, 0.3) is 0 Å². The van der Waals surface area contributed by atoms with Gasteiger partial charge in [0, 0.05) is 32.2 Å². The van der Waals surface area contributed by atoms with Gasteiger partial charge >= 0.3 is 11.9 Å². The SMILES string of the molecule is CC(=O)OCC1O[C@@H](OCCOCCOCCN)C(C)[C@@H](C)[C@H]1OC(C)=O. The molecule has 5 atom stereocenters. The Morgan fingerprint density at radius 1 is 0.926 bits per heavy atom. The minimum Gasteiger partial charge on any atom is -0.463 e. The Kier molecular flexibility index (Phi) is 11.5. The molecule has 9 nitrogen and oxygen atoms in total. The second kappa shape index (κ2) is 13.0. The maximum atomic E-state index is 11.4. The molecule has 1 aliphatic heterocycles. The Labute approximate surface area is 160 Å². The minimum atomic E-state index is -0.584. The smallest absolute Gasteiger partial charge is 0.303 e. The minimum absolute atomic E-state index is 0.000812. The van der Waals surface area contributed by atoms with Crippen LogP contribution in [0.5, 0.6) is 0 Å². The molecule has 0 aromatic heterocycles. The first-order valence-corrected chi connectivity index (χ1v) is 9.30. The van der Waals surface area contributed by atoms with Gasteiger partial charge in [0.15, 0.2) is 6.29 Å². The first kappa shape index (κ1) is 23.8. The van der Waals surface area contributed by atoms with Gasteiger partial charge in [-0.3, -0.25) is 9.59 Å². The van der Waals surface area contributed by atoms with Crippen molar-refractivity contribution < 1.29 is 38.0 Å². The zero-order valence-electron chi connectivity index (χ0n) is 16.7. The molecule has 0 aromatic rings. The van der Waals surface area contributed by atoms with Crippen molar-refractivity contribution in [2.45, 2.75) is 46.2 Å². The molecule has 9 heteroatoms. The van der Waals surface area contributed by atoms with Gasteiger partial charge in [0.1, 0.15) is 18.8 Å². The third kappa shape index (κ3) is 8.98. The summed E-state index contributed by atoms with van der Waals surface area (Å²) in [6.07, 6.45) is -1.60. The van der Waals surface area contributed by atoms with Crippen molar-refractivity contribution in [2.75, 3.05) is 46.2 Å². The molecule has 158 valence electrons. The van der Waals surface area contributed by atoms with Gasteiger partial charge in [-0.15, -0.1) is 0 Å². The summed E-state index contributed by atoms with van der Waals surface area (Å²) < 4.78 is 32.8. The van der Waals surface area contributed by atoms with E-state index in [1.165, 1.54) is 13.8 Å². The Bertz CT molecular complexity index is 447. The third-order valence-corrected chi connectivity index (χ3v) is 4.35. The van der Waals surface area contributed by atoms with Gasteiger partial charge < -0.3 is 34.2 Å². The summed E-state index contributed by atoms with van der Waals surface area (Å²) in [4.78, 5) is 22.5. The molecule has 27 heavy (non-hydrogen) atoms. The first-order chi connectivity index (χ1) is 12.9. The van der Waals surface area contributed by atoms with Crippen LogP contribution in [-0.2, 0) is 38.0 Å². The second-order valence-corrected chi connectivity index (χ2v) is 6.52. The van der Waals surface area contributed by atoms with Gasteiger partial charge in [-0.1, -0.05) is 13.8 Å². The monoisotopic (exact) mass is 391 g/mol. The predicted molar refractivity (Wildman–Crippen MR) is 95.8 cm³/mol. The van der Waals surface area contributed by atoms with Crippen molar-refractivity contribution in [3.8, 4) is 0 Å². The largest absolute Gasteiger partial charge is 0.463 e. The van der Waals surface area contributed by atoms with Crippen molar-refractivity contribution >= 4 is 11.9 Å². The van der Waals surface area contributed by atoms with Crippen LogP contribution in [0.15, 0.2) is 0 Å². The highest BCUT2D eigenvalue weighted by Gasteiger charge is 2.44. The fourth-order valence-corrected chi connectivity index (χ4v) is 2.79. The van der Waals surface area contributed by atoms with Crippen molar-refractivity contribution in [3.05, 3.63) is 0 Å². The maximum Gasteiger partial charge on any atom is 0.303 e. The van der Waals surface area contributed by atoms with Gasteiger partial charge in [-0.25, -0.2) is 0 Å². The summed E-state index contributed by atoms with van der Waals surface area (Å²) in [6, 6.07) is 0. The van der Waals surface area contributed by atoms with E-state index in [0.29, 0.717) is 39.6 Å². The summed E-state index contributed by atoms with van der Waals surface area (Å²) in [7, 11) is 0. The molecule has 0 bridgehead atoms. The van der Waals surface area contributed by atoms with Crippen LogP contribution < -0.4 is 5.73 Å². The zero-order valence-corrected chi connectivity index (χ0v) is 16.7. The van der Waals surface area contributed by atoms with E-state index in [1.807, 2.05) is 13.8 Å². The highest BCUT2D eigenvalue weighted by atomic mass is 16.7. The molecule has 1 saturated heterocycles. The molecular formula is C18H33NO8. The van der Waals surface area contributed by atoms with Gasteiger partial charge in [-0.05, 0) is 0 Å². The van der Waals surface area contributed by atoms with E-state index >= 15 is 0 Å². The first-order valence-electron chi connectivity index (χ1n) is 9.30. The van der Waals surface area contributed by atoms with E-state index in [9.17, 15) is 9.59 Å². The Balaban J connectivity index is 2.47. The number of esters is 2. The van der Waals surface area contributed by atoms with E-state index in [2.05, 4.69) is 0 Å². The molecule has 1 aliphatic rings. The van der Waals surface area contributed by atoms with Gasteiger partial charge in [-0.2, -0.15) is 0 Å². The van der Waals surface area contributed by atoms with E-state index in [1.54, 1.807) is 0 Å². The molecule has 1 heterocycles. The van der Waals surface area contributed by atoms with Gasteiger partial charge in [0.2, 0.25) is 0 Å². The standard InChI is InChI=1S/C18H33NO8/c1-12-13(2)18(24-10-9-23-8-7-22-6-5-19)27-16(11-25-14(3)20)17(12)26-15(4)21/h12-13,16-18H,5-11,19H2,1-4H3/t12-,13?,16?,17-,18-/m1/s1. The number of hydrogen-bond donors (Lipinski definition) is 1. The van der Waals surface area contributed by atoms with E-state index in [-0.39, 0.29) is 18.4 Å². The third-order valence-electron chi connectivity index (χ3n) is 4.35. The quantitative estimate of drug-likeness (QED) is 0.375. The highest BCUT2D eigenvalue weighted by molar-refractivity contribution is 5.66. The van der Waals surface area contributed by atoms with Crippen molar-refractivity contribution in [1.29, 1.82) is 0 Å². The molecule has 0 aromatic carbocycles. The summed E-state index contributed by atoms with van der Waals surface area (Å²) in [5, 5.41) is 0. The molecule has 2 unspecified atom stereocenters. The van der Waals surface area contributed by atoms with Crippen molar-refractivity contribution in [2.24, 2.45) is 17.6 Å². The Hall–Kier alpha value is -1.26. The number of rotatable bonds is 12. The molecule has 0 saturated carbocycles. The lowest BCUT2D eigenvalue weighted by atomic mass is 9.84. The predicted octanol–water partition coefficient (Wildman–Crippen LogP) is 0.487. The molecular weight excluding hydrogens is 358 g/mol. The zero-order chi connectivity index (χ0) is 20.2. The number of ether oxygens (including phenoxy) is 6. The Morgan fingerprint density at radius 3 is 2.15 bits per heavy atom. The van der Waals surface area contributed by atoms with E-state index in [0.717, 1.165) is 0 Å². The van der Waals surface area contributed by atoms with Crippen molar-refractivity contribution in [1.82, 2.24) is 0 Å². The summed E-state index contributed by atoms with van der Waals surface area (Å²) in [6.45, 7) is 9.28. The summed E-state index contributed by atoms with van der Waals surface area (Å²) >= 11 is 0. The van der Waals surface area contributed by atoms with E-state index < -0.39 is 30.4 Å². The van der Waals surface area contributed by atoms with Gasteiger partial charge in [0.25, 0.3) is 0 Å². The summed E-state index contributed by atoms with van der Waals surface area (Å²) in [5.74, 6) is -0.871. The van der Waals surface area contributed by atoms with Crippen LogP contribution in [0.1, 0.15) is 27.7 Å². The molecule has 0 aliphatic carbocycles. The normalized spacial score (nSPS) is 28.0. The average Bonchev–Trinajstić information content (AvgIpc) is 2.61. The average molecular weight is 391 g/mol. The number of carbonyl (C=O) groups excluding carboxylic acids is 2. The topological polar surface area (TPSA) is 116 Å². The molecule has 1 fully saturated rings. The van der Waals surface area contributed by atoms with Crippen molar-refractivity contribution in [3.63, 3.8) is 0 Å². The molecule has 1 rings (SSSR count). The molecule has 0 spiro atoms. The molecule has 0 radical (unpaired) electrons. The molecule has 0 amide bonds. The maximum absolute atomic E-state index is 11.4. The summed E-state index contributed by atoms with van der Waals surface area (Å²) in [5.41, 5.74) is 5.33. The van der Waals surface area contributed by atoms with Crippen LogP contribution in [-0.4, -0.2) is 76.6 Å². The lowest BCUT2D eigenvalue weighted by Crippen LogP contribution is -2.53. The second-order valence-electron chi connectivity index (χ2n) is 6.52.